The summed E-state index contributed by atoms with van der Waals surface area (Å²) in [5, 5.41) is 31.9. The number of aryl methyl sites for hydroxylation is 3. The molecule has 94 heavy (non-hydrogen) atoms. The Morgan fingerprint density at radius 1 is 0.734 bits per heavy atom. The second-order valence-electron chi connectivity index (χ2n) is 24.4. The fourth-order valence-corrected chi connectivity index (χ4v) is 10.4. The van der Waals surface area contributed by atoms with Gasteiger partial charge in [0, 0.05) is 68.2 Å². The van der Waals surface area contributed by atoms with E-state index >= 15 is 0 Å². The van der Waals surface area contributed by atoms with E-state index < -0.39 is 24.0 Å². The maximum absolute atomic E-state index is 13.9. The van der Waals surface area contributed by atoms with Gasteiger partial charge in [-0.1, -0.05) is 44.2 Å². The van der Waals surface area contributed by atoms with Gasteiger partial charge in [0.25, 0.3) is 17.7 Å². The minimum absolute atomic E-state index is 0.0204. The Morgan fingerprint density at radius 2 is 1.39 bits per heavy atom. The second-order valence-corrected chi connectivity index (χ2v) is 24.4. The molecule has 2 atom stereocenters. The van der Waals surface area contributed by atoms with Crippen molar-refractivity contribution in [3.8, 4) is 28.5 Å². The fraction of sp³-hybridized carbons (Fsp3) is 0.552. The van der Waals surface area contributed by atoms with Crippen LogP contribution >= 0.6 is 0 Å². The van der Waals surface area contributed by atoms with Gasteiger partial charge in [0.05, 0.1) is 110 Å². The van der Waals surface area contributed by atoms with Crippen molar-refractivity contribution in [2.24, 2.45) is 30.2 Å². The zero-order valence-corrected chi connectivity index (χ0v) is 54.9. The van der Waals surface area contributed by atoms with Crippen LogP contribution in [0.4, 0.5) is 5.69 Å². The van der Waals surface area contributed by atoms with Crippen molar-refractivity contribution < 1.29 is 71.3 Å². The van der Waals surface area contributed by atoms with Gasteiger partial charge in [0.1, 0.15) is 35.0 Å². The first kappa shape index (κ1) is 71.7. The number of carbonyl (C=O) groups is 5. The van der Waals surface area contributed by atoms with Crippen LogP contribution in [-0.4, -0.2) is 181 Å². The molecule has 510 valence electrons. The molecule has 4 heterocycles. The Hall–Kier alpha value is -8.18. The van der Waals surface area contributed by atoms with Gasteiger partial charge in [0.2, 0.25) is 11.8 Å². The van der Waals surface area contributed by atoms with E-state index in [2.05, 4.69) is 72.6 Å². The molecule has 0 spiro atoms. The lowest BCUT2D eigenvalue weighted by atomic mass is 9.88. The first-order chi connectivity index (χ1) is 45.6. The highest BCUT2D eigenvalue weighted by Gasteiger charge is 2.48. The van der Waals surface area contributed by atoms with Crippen LogP contribution in [0, 0.1) is 30.1 Å². The molecule has 27 heteroatoms. The van der Waals surface area contributed by atoms with E-state index in [-0.39, 0.29) is 47.1 Å². The molecule has 0 aliphatic heterocycles. The van der Waals surface area contributed by atoms with E-state index in [4.69, 9.17) is 47.4 Å². The normalized spacial score (nSPS) is 13.7. The molecule has 4 amide bonds. The van der Waals surface area contributed by atoms with Crippen molar-refractivity contribution in [2.75, 3.05) is 105 Å². The van der Waals surface area contributed by atoms with Crippen LogP contribution in [0.5, 0.6) is 17.4 Å². The number of nitrogens with one attached hydrogen (secondary N) is 5. The molecule has 0 unspecified atom stereocenters. The number of H-pyrrole nitrogens is 1. The number of benzene rings is 2. The number of unbranched alkanes of at least 4 members (excludes halogenated alkanes) is 1. The van der Waals surface area contributed by atoms with Gasteiger partial charge in [-0.2, -0.15) is 10.2 Å². The highest BCUT2D eigenvalue weighted by atomic mass is 16.6. The maximum Gasteiger partial charge on any atom is 0.328 e. The molecule has 0 bridgehead atoms. The van der Waals surface area contributed by atoms with E-state index in [1.54, 1.807) is 55.7 Å². The van der Waals surface area contributed by atoms with Crippen molar-refractivity contribution in [2.45, 2.75) is 111 Å². The number of hydrogen-bond acceptors (Lipinski definition) is 20. The molecule has 2 aliphatic rings. The molecule has 5 N–H and O–H groups in total. The van der Waals surface area contributed by atoms with Crippen LogP contribution in [0.25, 0.3) is 11.1 Å². The van der Waals surface area contributed by atoms with Crippen LogP contribution in [0.2, 0.25) is 0 Å². The summed E-state index contributed by atoms with van der Waals surface area (Å²) < 4.78 is 59.4. The van der Waals surface area contributed by atoms with E-state index in [0.717, 1.165) is 66.7 Å². The predicted octanol–water partition coefficient (Wildman–Crippen LogP) is 6.96. The first-order valence-corrected chi connectivity index (χ1v) is 32.3. The maximum atomic E-state index is 13.9. The van der Waals surface area contributed by atoms with E-state index in [1.165, 1.54) is 18.0 Å². The van der Waals surface area contributed by atoms with Gasteiger partial charge in [-0.25, -0.2) is 9.78 Å². The second kappa shape index (κ2) is 37.6. The molecule has 27 nitrogen and oxygen atoms in total. The number of anilines is 1. The SMILES string of the molecule is COC(=O)[C@H](CCC(C)(C)C)NC(=O)c1ccc(Oc2cccc(OCC(=O)NCCOCCOCCOCCOCCOCCOCc3cn(CCCCOCc4n[nH]c(C)c4-c4ccc(NC(=O)[C@@H](NC(=O)c5ccnn5C)C(C5CC5)C5CC5)cc4)nn3)c2)nc1. The highest BCUT2D eigenvalue weighted by Crippen LogP contribution is 2.51. The van der Waals surface area contributed by atoms with Crippen LogP contribution in [0.15, 0.2) is 85.3 Å². The molecule has 2 fully saturated rings. The zero-order chi connectivity index (χ0) is 66.5. The summed E-state index contributed by atoms with van der Waals surface area (Å²) >= 11 is 0. The molecule has 6 aromatic rings. The molecule has 0 saturated heterocycles. The largest absolute Gasteiger partial charge is 0.484 e. The number of ether oxygens (including phenoxy) is 10. The summed E-state index contributed by atoms with van der Waals surface area (Å²) in [6.45, 7) is 14.5. The van der Waals surface area contributed by atoms with Crippen molar-refractivity contribution in [1.82, 2.24) is 55.9 Å². The highest BCUT2D eigenvalue weighted by molar-refractivity contribution is 6.01. The molecule has 2 aromatic carbocycles. The molecular weight excluding hydrogens is 1210 g/mol. The number of rotatable bonds is 45. The number of esters is 1. The van der Waals surface area contributed by atoms with Gasteiger partial charge in [-0.3, -0.25) is 33.6 Å². The molecular formula is C67H92N12O15. The lowest BCUT2D eigenvalue weighted by Crippen LogP contribution is -2.50. The number of nitrogens with zero attached hydrogens (tertiary/aromatic N) is 7. The Balaban J connectivity index is 0.571. The number of carbonyl (C=O) groups excluding carboxylic acids is 5. The number of hydrogen-bond donors (Lipinski definition) is 5. The summed E-state index contributed by atoms with van der Waals surface area (Å²) in [5.41, 5.74) is 5.69. The molecule has 2 aliphatic carbocycles. The average Bonchev–Trinajstić information content (AvgIpc) is 1.63. The van der Waals surface area contributed by atoms with E-state index in [0.29, 0.717) is 153 Å². The van der Waals surface area contributed by atoms with Crippen molar-refractivity contribution in [3.63, 3.8) is 0 Å². The quantitative estimate of drug-likeness (QED) is 0.0190. The summed E-state index contributed by atoms with van der Waals surface area (Å²) in [6.07, 6.45) is 12.0. The van der Waals surface area contributed by atoms with Crippen LogP contribution in [0.1, 0.15) is 110 Å². The third-order valence-electron chi connectivity index (χ3n) is 15.6. The van der Waals surface area contributed by atoms with Crippen LogP contribution in [0.3, 0.4) is 0 Å². The molecule has 4 aromatic heterocycles. The molecule has 0 radical (unpaired) electrons. The van der Waals surface area contributed by atoms with Crippen molar-refractivity contribution >= 4 is 35.3 Å². The Bertz CT molecular complexity index is 3280. The lowest BCUT2D eigenvalue weighted by Gasteiger charge is -2.27. The van der Waals surface area contributed by atoms with Crippen molar-refractivity contribution in [3.05, 3.63) is 114 Å². The number of aromatic amines is 1. The minimum Gasteiger partial charge on any atom is -0.484 e. The number of methoxy groups -OCH3 is 1. The molecule has 8 rings (SSSR count). The van der Waals surface area contributed by atoms with E-state index in [9.17, 15) is 24.0 Å². The summed E-state index contributed by atoms with van der Waals surface area (Å²) in [6, 6.07) is 17.8. The van der Waals surface area contributed by atoms with E-state index in [1.807, 2.05) is 42.1 Å². The summed E-state index contributed by atoms with van der Waals surface area (Å²) in [5.74, 6) is 0.288. The van der Waals surface area contributed by atoms with Crippen LogP contribution < -0.4 is 30.7 Å². The third kappa shape index (κ3) is 24.6. The summed E-state index contributed by atoms with van der Waals surface area (Å²) in [4.78, 5) is 69.0. The Morgan fingerprint density at radius 3 is 2.02 bits per heavy atom. The van der Waals surface area contributed by atoms with Crippen molar-refractivity contribution in [1.29, 1.82) is 0 Å². The number of amides is 4. The molecule has 2 saturated carbocycles. The van der Waals surface area contributed by atoms with Gasteiger partial charge in [-0.05, 0) is 123 Å². The first-order valence-electron chi connectivity index (χ1n) is 32.3. The Kier molecular flexibility index (Phi) is 28.7. The van der Waals surface area contributed by atoms with Crippen LogP contribution in [-0.2, 0) is 79.1 Å². The Labute approximate surface area is 548 Å². The monoisotopic (exact) mass is 1300 g/mol. The standard InChI is InChI=1S/C67H92N12O15/c1-46-60(47-16-19-51(20-17-47)71-65(83)62(61(48-12-13-48)49-14-15-49)73-64(82)57-23-25-70-78(57)5)56(76-74-46)44-91-28-8-7-27-79-42-52(75-77-79)43-92-39-38-90-37-36-89-35-34-88-33-32-87-31-30-86-29-26-68-58(80)45-93-53-10-9-11-54(40-53)94-59-21-18-50(41-69-59)63(81)72-55(66(84)85-6)22-24-67(2,3)4/h9-11,16-21,23,25,40-42,48-49,55,61-62H,7-8,12-15,22,24,26-39,43-45H2,1-6H3,(H,68,80)(H,71,83)(H,72,81)(H,73,82)(H,74,76)/t55-,62-/m0/s1. The summed E-state index contributed by atoms with van der Waals surface area (Å²) in [7, 11) is 3.01. The average molecular weight is 1310 g/mol. The van der Waals surface area contributed by atoms with Gasteiger partial charge in [-0.15, -0.1) is 5.10 Å². The fourth-order valence-electron chi connectivity index (χ4n) is 10.4. The smallest absolute Gasteiger partial charge is 0.328 e. The zero-order valence-electron chi connectivity index (χ0n) is 54.9. The lowest BCUT2D eigenvalue weighted by molar-refractivity contribution is -0.143. The van der Waals surface area contributed by atoms with Gasteiger partial charge >= 0.3 is 5.97 Å². The van der Waals surface area contributed by atoms with Gasteiger partial charge < -0.3 is 68.6 Å². The van der Waals surface area contributed by atoms with Gasteiger partial charge in [0.15, 0.2) is 6.61 Å². The third-order valence-corrected chi connectivity index (χ3v) is 15.6. The predicted molar refractivity (Wildman–Crippen MR) is 345 cm³/mol. The minimum atomic E-state index is -0.781. The number of pyridine rings is 1. The topological polar surface area (TPSA) is 316 Å². The number of aromatic nitrogens is 8.